The summed E-state index contributed by atoms with van der Waals surface area (Å²) in [6, 6.07) is 21.4. The van der Waals surface area contributed by atoms with Crippen LogP contribution < -0.4 is 5.56 Å². The van der Waals surface area contributed by atoms with Gasteiger partial charge in [0, 0.05) is 5.02 Å². The number of rotatable bonds is 3. The van der Waals surface area contributed by atoms with Gasteiger partial charge in [0.2, 0.25) is 0 Å². The molecule has 34 heavy (non-hydrogen) atoms. The van der Waals surface area contributed by atoms with Crippen LogP contribution in [0.25, 0.3) is 38.9 Å². The zero-order valence-corrected chi connectivity index (χ0v) is 19.4. The lowest BCUT2D eigenvalue weighted by Gasteiger charge is -2.11. The lowest BCUT2D eigenvalue weighted by molar-refractivity contribution is 0.746. The Balaban J connectivity index is 1.70. The predicted molar refractivity (Wildman–Crippen MR) is 136 cm³/mol. The molecule has 6 aromatic rings. The Bertz CT molecular complexity index is 1780. The molecule has 0 aliphatic rings. The van der Waals surface area contributed by atoms with Crippen LogP contribution >= 0.6 is 11.6 Å². The van der Waals surface area contributed by atoms with Crippen LogP contribution in [0.3, 0.4) is 0 Å². The molecule has 3 heterocycles. The van der Waals surface area contributed by atoms with Gasteiger partial charge in [-0.25, -0.2) is 15.0 Å². The highest BCUT2D eigenvalue weighted by Gasteiger charge is 2.22. The van der Waals surface area contributed by atoms with Gasteiger partial charge in [-0.2, -0.15) is 0 Å². The minimum absolute atomic E-state index is 0.154. The predicted octanol–water partition coefficient (Wildman–Crippen LogP) is 5.60. The summed E-state index contributed by atoms with van der Waals surface area (Å²) in [7, 11) is 0. The fourth-order valence-corrected chi connectivity index (χ4v) is 4.49. The van der Waals surface area contributed by atoms with Gasteiger partial charge in [0.05, 0.1) is 23.3 Å². The van der Waals surface area contributed by atoms with E-state index >= 15 is 0 Å². The maximum absolute atomic E-state index is 13.8. The molecule has 0 aliphatic carbocycles. The minimum atomic E-state index is -0.154. The van der Waals surface area contributed by atoms with Gasteiger partial charge in [-0.15, -0.1) is 0 Å². The molecule has 0 fully saturated rings. The van der Waals surface area contributed by atoms with Crippen molar-refractivity contribution in [2.75, 3.05) is 0 Å². The molecular formula is C27H20ClN5O. The fourth-order valence-electron chi connectivity index (χ4n) is 4.33. The normalized spacial score (nSPS) is 11.6. The number of benzene rings is 3. The van der Waals surface area contributed by atoms with Gasteiger partial charge >= 0.3 is 0 Å². The third kappa shape index (κ3) is 3.26. The number of fused-ring (bicyclic) bond motifs is 4. The molecule has 0 saturated carbocycles. The van der Waals surface area contributed by atoms with E-state index in [0.29, 0.717) is 33.8 Å². The molecule has 3 aromatic heterocycles. The van der Waals surface area contributed by atoms with E-state index in [4.69, 9.17) is 26.6 Å². The largest absolute Gasteiger partial charge is 0.294 e. The number of hydrogen-bond acceptors (Lipinski definition) is 4. The number of para-hydroxylation sites is 2. The lowest BCUT2D eigenvalue weighted by Crippen LogP contribution is -2.21. The molecule has 0 saturated heterocycles. The summed E-state index contributed by atoms with van der Waals surface area (Å²) < 4.78 is 3.52. The average Bonchev–Trinajstić information content (AvgIpc) is 3.16. The van der Waals surface area contributed by atoms with Crippen molar-refractivity contribution in [2.24, 2.45) is 0 Å². The first-order chi connectivity index (χ1) is 16.5. The van der Waals surface area contributed by atoms with Crippen molar-refractivity contribution < 1.29 is 0 Å². The van der Waals surface area contributed by atoms with Crippen LogP contribution in [-0.2, 0) is 6.54 Å². The Hall–Kier alpha value is -4.03. The molecule has 0 atom stereocenters. The smallest absolute Gasteiger partial charge is 0.265 e. The van der Waals surface area contributed by atoms with Crippen molar-refractivity contribution in [2.45, 2.75) is 20.4 Å². The minimum Gasteiger partial charge on any atom is -0.294 e. The first kappa shape index (κ1) is 20.6. The maximum Gasteiger partial charge on any atom is 0.265 e. The average molecular weight is 466 g/mol. The molecule has 0 amide bonds. The first-order valence-corrected chi connectivity index (χ1v) is 11.4. The summed E-state index contributed by atoms with van der Waals surface area (Å²) in [4.78, 5) is 28.2. The Morgan fingerprint density at radius 2 is 1.62 bits per heavy atom. The van der Waals surface area contributed by atoms with E-state index in [1.165, 1.54) is 5.56 Å². The van der Waals surface area contributed by atoms with E-state index in [0.717, 1.165) is 27.8 Å². The van der Waals surface area contributed by atoms with Crippen LogP contribution in [0.5, 0.6) is 0 Å². The van der Waals surface area contributed by atoms with Crippen LogP contribution in [0.15, 0.2) is 77.9 Å². The Morgan fingerprint density at radius 3 is 2.38 bits per heavy atom. The lowest BCUT2D eigenvalue weighted by atomic mass is 10.1. The summed E-state index contributed by atoms with van der Waals surface area (Å²) in [5, 5.41) is 1.04. The van der Waals surface area contributed by atoms with Crippen LogP contribution in [0.1, 0.15) is 16.7 Å². The van der Waals surface area contributed by atoms with Crippen molar-refractivity contribution >= 4 is 44.8 Å². The molecule has 0 unspecified atom stereocenters. The molecule has 0 aliphatic heterocycles. The molecule has 3 aromatic carbocycles. The van der Waals surface area contributed by atoms with E-state index in [-0.39, 0.29) is 5.56 Å². The zero-order valence-electron chi connectivity index (χ0n) is 18.7. The summed E-state index contributed by atoms with van der Waals surface area (Å²) in [5.74, 6) is 0. The highest BCUT2D eigenvalue weighted by molar-refractivity contribution is 6.30. The molecule has 0 bridgehead atoms. The quantitative estimate of drug-likeness (QED) is 0.341. The van der Waals surface area contributed by atoms with Crippen molar-refractivity contribution in [1.29, 1.82) is 0 Å². The second-order valence-corrected chi connectivity index (χ2v) is 8.95. The summed E-state index contributed by atoms with van der Waals surface area (Å²) in [6.07, 6.45) is 1.60. The zero-order chi connectivity index (χ0) is 23.4. The topological polar surface area (TPSA) is 65.6 Å². The molecule has 0 N–H and O–H groups in total. The second-order valence-electron chi connectivity index (χ2n) is 8.51. The van der Waals surface area contributed by atoms with E-state index in [1.807, 2.05) is 85.1 Å². The Morgan fingerprint density at radius 1 is 0.882 bits per heavy atom. The Kier molecular flexibility index (Phi) is 4.71. The fraction of sp³-hybridized carbons (Fsp3) is 0.111. The van der Waals surface area contributed by atoms with Gasteiger partial charge in [0.1, 0.15) is 17.2 Å². The van der Waals surface area contributed by atoms with Crippen molar-refractivity contribution in [3.8, 4) is 5.69 Å². The van der Waals surface area contributed by atoms with Gasteiger partial charge in [-0.1, -0.05) is 59.6 Å². The van der Waals surface area contributed by atoms with Crippen LogP contribution in [0.2, 0.25) is 5.02 Å². The molecule has 7 heteroatoms. The molecular weight excluding hydrogens is 446 g/mol. The maximum atomic E-state index is 13.8. The third-order valence-electron chi connectivity index (χ3n) is 6.12. The summed E-state index contributed by atoms with van der Waals surface area (Å²) >= 11 is 6.35. The molecule has 166 valence electrons. The highest BCUT2D eigenvalue weighted by Crippen LogP contribution is 2.30. The number of nitrogens with zero attached hydrogens (tertiary/aromatic N) is 5. The van der Waals surface area contributed by atoms with Crippen LogP contribution in [-0.4, -0.2) is 24.1 Å². The molecule has 6 rings (SSSR count). The van der Waals surface area contributed by atoms with Gasteiger partial charge in [-0.3, -0.25) is 13.9 Å². The number of aryl methyl sites for hydroxylation is 2. The number of halogens is 1. The third-order valence-corrected chi connectivity index (χ3v) is 6.35. The standard InChI is InChI=1S/C27H20ClN5O/c1-16-7-10-18(11-8-16)14-32-15-29-25-23(27(32)34)24-26(31-21-6-4-3-5-20(21)30-24)33(25)22-13-19(28)12-9-17(22)2/h3-13,15H,14H2,1-2H3. The SMILES string of the molecule is Cc1ccc(Cn2cnc3c(c2=O)c2nc4ccccc4nc2n3-c2cc(Cl)ccc2C)cc1. The van der Waals surface area contributed by atoms with Gasteiger partial charge in [0.15, 0.2) is 11.3 Å². The van der Waals surface area contributed by atoms with Crippen LogP contribution in [0, 0.1) is 13.8 Å². The second kappa shape index (κ2) is 7.78. The molecule has 0 spiro atoms. The van der Waals surface area contributed by atoms with Gasteiger partial charge in [-0.05, 0) is 49.2 Å². The first-order valence-electron chi connectivity index (χ1n) is 11.0. The van der Waals surface area contributed by atoms with Crippen LogP contribution in [0.4, 0.5) is 0 Å². The Labute approximate surface area is 200 Å². The van der Waals surface area contributed by atoms with E-state index < -0.39 is 0 Å². The highest BCUT2D eigenvalue weighted by atomic mass is 35.5. The summed E-state index contributed by atoms with van der Waals surface area (Å²) in [6.45, 7) is 4.46. The van der Waals surface area contributed by atoms with Crippen molar-refractivity contribution in [1.82, 2.24) is 24.1 Å². The van der Waals surface area contributed by atoms with E-state index in [1.54, 1.807) is 10.9 Å². The van der Waals surface area contributed by atoms with Gasteiger partial charge in [0.25, 0.3) is 5.56 Å². The van der Waals surface area contributed by atoms with Crippen molar-refractivity contribution in [3.05, 3.63) is 105 Å². The number of hydrogen-bond donors (Lipinski definition) is 0. The molecule has 6 nitrogen and oxygen atoms in total. The van der Waals surface area contributed by atoms with Gasteiger partial charge < -0.3 is 0 Å². The van der Waals surface area contributed by atoms with Crippen molar-refractivity contribution in [3.63, 3.8) is 0 Å². The molecule has 0 radical (unpaired) electrons. The number of aromatic nitrogens is 5. The van der Waals surface area contributed by atoms with E-state index in [9.17, 15) is 4.79 Å². The summed E-state index contributed by atoms with van der Waals surface area (Å²) in [5.41, 5.74) is 6.96. The monoisotopic (exact) mass is 465 g/mol. The van der Waals surface area contributed by atoms with E-state index in [2.05, 4.69) is 0 Å².